The Bertz CT molecular complexity index is 663. The van der Waals surface area contributed by atoms with Gasteiger partial charge < -0.3 is 14.8 Å². The van der Waals surface area contributed by atoms with Crippen LogP contribution in [0, 0.1) is 0 Å². The molecule has 0 radical (unpaired) electrons. The van der Waals surface area contributed by atoms with Crippen LogP contribution in [0.3, 0.4) is 0 Å². The van der Waals surface area contributed by atoms with E-state index in [1.54, 1.807) is 29.0 Å². The van der Waals surface area contributed by atoms with Gasteiger partial charge in [0.2, 0.25) is 5.56 Å². The molecule has 0 bridgehead atoms. The van der Waals surface area contributed by atoms with Crippen molar-refractivity contribution in [2.75, 3.05) is 0 Å². The number of allylic oxidation sites excluding steroid dienone is 7. The molecule has 4 nitrogen and oxygen atoms in total. The molecule has 1 aliphatic carbocycles. The van der Waals surface area contributed by atoms with Crippen LogP contribution in [-0.4, -0.2) is 21.1 Å². The lowest BCUT2D eigenvalue weighted by Crippen LogP contribution is -2.17. The van der Waals surface area contributed by atoms with Gasteiger partial charge in [0, 0.05) is 18.8 Å². The first kappa shape index (κ1) is 19.9. The summed E-state index contributed by atoms with van der Waals surface area (Å²) in [4.78, 5) is 11.5. The highest BCUT2D eigenvalue weighted by atomic mass is 16.5. The third kappa shape index (κ3) is 6.94. The van der Waals surface area contributed by atoms with Crippen molar-refractivity contribution in [3.63, 3.8) is 0 Å². The Kier molecular flexibility index (Phi) is 9.42. The Morgan fingerprint density at radius 2 is 2.08 bits per heavy atom. The molecule has 4 heteroatoms. The zero-order valence-electron chi connectivity index (χ0n) is 14.4. The Balaban J connectivity index is 0.00000139. The van der Waals surface area contributed by atoms with E-state index < -0.39 is 6.29 Å². The molecule has 2 N–H and O–H groups in total. The second kappa shape index (κ2) is 11.4. The van der Waals surface area contributed by atoms with Crippen LogP contribution < -0.4 is 5.56 Å². The molecule has 0 aliphatic heterocycles. The Labute approximate surface area is 143 Å². The molecule has 24 heavy (non-hydrogen) atoms. The number of unbranched alkanes of at least 4 members (excludes halogenated alkanes) is 1. The topological polar surface area (TPSA) is 62.5 Å². The highest BCUT2D eigenvalue weighted by molar-refractivity contribution is 5.37. The van der Waals surface area contributed by atoms with Gasteiger partial charge >= 0.3 is 0 Å². The summed E-state index contributed by atoms with van der Waals surface area (Å²) >= 11 is 0. The summed E-state index contributed by atoms with van der Waals surface area (Å²) in [5.74, 6) is 0. The standard InChI is InChI=1S/C18H21NO3.C2H6/c20-17-10-3-5-14-19(17)13-4-1-2-7-15-8-6-9-16(12-11-15)18(21)22;1-2/h2-3,5-11,14,18,21-22H,1,4,12-13H2;1-2H3. The molecule has 1 heterocycles. The molecular weight excluding hydrogens is 302 g/mol. The summed E-state index contributed by atoms with van der Waals surface area (Å²) in [5.41, 5.74) is 1.66. The van der Waals surface area contributed by atoms with E-state index in [1.807, 2.05) is 44.2 Å². The maximum Gasteiger partial charge on any atom is 0.250 e. The summed E-state index contributed by atoms with van der Waals surface area (Å²) in [6.07, 6.45) is 14.3. The average Bonchev–Trinajstić information content (AvgIpc) is 2.84. The normalized spacial score (nSPS) is 14.0. The first-order chi connectivity index (χ1) is 11.7. The van der Waals surface area contributed by atoms with Gasteiger partial charge in [0.15, 0.2) is 6.29 Å². The van der Waals surface area contributed by atoms with Crippen molar-refractivity contribution in [1.82, 2.24) is 4.57 Å². The molecule has 130 valence electrons. The Hall–Kier alpha value is -2.17. The van der Waals surface area contributed by atoms with E-state index >= 15 is 0 Å². The number of nitrogens with zero attached hydrogens (tertiary/aromatic N) is 1. The van der Waals surface area contributed by atoms with Gasteiger partial charge in [-0.05, 0) is 36.5 Å². The van der Waals surface area contributed by atoms with Crippen LogP contribution in [0.15, 0.2) is 76.8 Å². The van der Waals surface area contributed by atoms with Gasteiger partial charge in [-0.25, -0.2) is 0 Å². The van der Waals surface area contributed by atoms with Crippen molar-refractivity contribution >= 4 is 0 Å². The van der Waals surface area contributed by atoms with Gasteiger partial charge in [-0.15, -0.1) is 0 Å². The Morgan fingerprint density at radius 1 is 1.29 bits per heavy atom. The summed E-state index contributed by atoms with van der Waals surface area (Å²) in [7, 11) is 0. The van der Waals surface area contributed by atoms with Gasteiger partial charge in [-0.3, -0.25) is 4.79 Å². The number of aryl methyl sites for hydroxylation is 1. The van der Waals surface area contributed by atoms with Crippen LogP contribution in [-0.2, 0) is 6.54 Å². The third-order valence-electron chi connectivity index (χ3n) is 3.48. The minimum Gasteiger partial charge on any atom is -0.365 e. The minimum absolute atomic E-state index is 0.0297. The van der Waals surface area contributed by atoms with Gasteiger partial charge in [0.25, 0.3) is 0 Å². The number of aromatic nitrogens is 1. The zero-order chi connectivity index (χ0) is 17.8. The lowest BCUT2D eigenvalue weighted by molar-refractivity contribution is -0.00909. The van der Waals surface area contributed by atoms with Gasteiger partial charge in [-0.1, -0.05) is 56.4 Å². The zero-order valence-corrected chi connectivity index (χ0v) is 14.4. The van der Waals surface area contributed by atoms with Crippen molar-refractivity contribution < 1.29 is 10.2 Å². The number of pyridine rings is 1. The first-order valence-electron chi connectivity index (χ1n) is 8.42. The largest absolute Gasteiger partial charge is 0.365 e. The summed E-state index contributed by atoms with van der Waals surface area (Å²) in [6, 6.07) is 5.17. The number of aliphatic hydroxyl groups excluding tert-OH is 1. The molecule has 0 atom stereocenters. The molecule has 2 rings (SSSR count). The molecular formula is C20H27NO3. The van der Waals surface area contributed by atoms with Crippen molar-refractivity contribution in [2.24, 2.45) is 0 Å². The summed E-state index contributed by atoms with van der Waals surface area (Å²) in [5, 5.41) is 18.3. The fraction of sp³-hybridized carbons (Fsp3) is 0.350. The predicted molar refractivity (Wildman–Crippen MR) is 98.6 cm³/mol. The minimum atomic E-state index is -1.39. The van der Waals surface area contributed by atoms with Crippen molar-refractivity contribution in [2.45, 2.75) is 45.9 Å². The molecule has 1 aliphatic rings. The van der Waals surface area contributed by atoms with Crippen LogP contribution in [0.2, 0.25) is 0 Å². The fourth-order valence-corrected chi connectivity index (χ4v) is 2.21. The molecule has 0 unspecified atom stereocenters. The van der Waals surface area contributed by atoms with Crippen LogP contribution in [0.4, 0.5) is 0 Å². The van der Waals surface area contributed by atoms with Crippen molar-refractivity contribution in [3.8, 4) is 0 Å². The summed E-state index contributed by atoms with van der Waals surface area (Å²) in [6.45, 7) is 4.71. The SMILES string of the molecule is CC.O=c1ccccn1CCCC=CC1=CCC(C(O)O)=CC=C1. The highest BCUT2D eigenvalue weighted by Crippen LogP contribution is 2.15. The van der Waals surface area contributed by atoms with E-state index in [4.69, 9.17) is 10.2 Å². The van der Waals surface area contributed by atoms with E-state index in [-0.39, 0.29) is 5.56 Å². The number of hydrogen-bond donors (Lipinski definition) is 2. The van der Waals surface area contributed by atoms with E-state index in [1.165, 1.54) is 0 Å². The van der Waals surface area contributed by atoms with E-state index in [2.05, 4.69) is 6.08 Å². The van der Waals surface area contributed by atoms with E-state index in [0.717, 1.165) is 18.4 Å². The van der Waals surface area contributed by atoms with Crippen LogP contribution in [0.25, 0.3) is 0 Å². The third-order valence-corrected chi connectivity index (χ3v) is 3.48. The van der Waals surface area contributed by atoms with Gasteiger partial charge in [0.05, 0.1) is 0 Å². The monoisotopic (exact) mass is 329 g/mol. The van der Waals surface area contributed by atoms with Gasteiger partial charge in [0.1, 0.15) is 0 Å². The lowest BCUT2D eigenvalue weighted by atomic mass is 10.1. The predicted octanol–water partition coefficient (Wildman–Crippen LogP) is 3.33. The smallest absolute Gasteiger partial charge is 0.250 e. The molecule has 0 spiro atoms. The number of hydrogen-bond acceptors (Lipinski definition) is 3. The summed E-state index contributed by atoms with van der Waals surface area (Å²) < 4.78 is 1.71. The molecule has 0 amide bonds. The van der Waals surface area contributed by atoms with Gasteiger partial charge in [-0.2, -0.15) is 0 Å². The van der Waals surface area contributed by atoms with Crippen molar-refractivity contribution in [1.29, 1.82) is 0 Å². The van der Waals surface area contributed by atoms with Crippen LogP contribution in [0.1, 0.15) is 33.1 Å². The van der Waals surface area contributed by atoms with Crippen molar-refractivity contribution in [3.05, 3.63) is 82.4 Å². The molecule has 0 aromatic carbocycles. The maximum absolute atomic E-state index is 11.5. The number of rotatable bonds is 6. The second-order valence-electron chi connectivity index (χ2n) is 5.16. The molecule has 1 aromatic heterocycles. The van der Waals surface area contributed by atoms with E-state index in [0.29, 0.717) is 18.5 Å². The molecule has 0 fully saturated rings. The second-order valence-corrected chi connectivity index (χ2v) is 5.16. The molecule has 1 aromatic rings. The molecule has 0 saturated heterocycles. The highest BCUT2D eigenvalue weighted by Gasteiger charge is 2.05. The first-order valence-corrected chi connectivity index (χ1v) is 8.42. The fourth-order valence-electron chi connectivity index (χ4n) is 2.21. The van der Waals surface area contributed by atoms with E-state index in [9.17, 15) is 4.79 Å². The quantitative estimate of drug-likeness (QED) is 0.621. The maximum atomic E-state index is 11.5. The number of aliphatic hydroxyl groups is 2. The average molecular weight is 329 g/mol. The molecule has 0 saturated carbocycles. The Morgan fingerprint density at radius 3 is 2.79 bits per heavy atom. The van der Waals surface area contributed by atoms with Crippen LogP contribution in [0.5, 0.6) is 0 Å². The lowest BCUT2D eigenvalue weighted by Gasteiger charge is -2.04. The van der Waals surface area contributed by atoms with Crippen LogP contribution >= 0.6 is 0 Å².